The SMILES string of the molecule is Cc1[nH]ncc1CN(C)Cc1ccnc(C(C)C)n1. The fourth-order valence-corrected chi connectivity index (χ4v) is 1.94. The van der Waals surface area contributed by atoms with Crippen LogP contribution in [0.15, 0.2) is 18.5 Å². The Hall–Kier alpha value is -1.75. The topological polar surface area (TPSA) is 57.7 Å². The molecule has 19 heavy (non-hydrogen) atoms. The Morgan fingerprint density at radius 2 is 2.11 bits per heavy atom. The Kier molecular flexibility index (Phi) is 4.27. The van der Waals surface area contributed by atoms with Crippen molar-refractivity contribution in [2.24, 2.45) is 0 Å². The van der Waals surface area contributed by atoms with Crippen molar-refractivity contribution >= 4 is 0 Å². The molecular weight excluding hydrogens is 238 g/mol. The van der Waals surface area contributed by atoms with E-state index < -0.39 is 0 Å². The molecule has 0 aliphatic rings. The first kappa shape index (κ1) is 13.7. The van der Waals surface area contributed by atoms with E-state index in [0.717, 1.165) is 30.3 Å². The van der Waals surface area contributed by atoms with Gasteiger partial charge in [0.05, 0.1) is 11.9 Å². The van der Waals surface area contributed by atoms with E-state index in [1.165, 1.54) is 5.56 Å². The maximum absolute atomic E-state index is 4.59. The minimum Gasteiger partial charge on any atom is -0.296 e. The first-order valence-corrected chi connectivity index (χ1v) is 6.55. The second-order valence-electron chi connectivity index (χ2n) is 5.25. The molecule has 1 N–H and O–H groups in total. The summed E-state index contributed by atoms with van der Waals surface area (Å²) in [6, 6.07) is 1.98. The lowest BCUT2D eigenvalue weighted by Gasteiger charge is -2.16. The third-order valence-electron chi connectivity index (χ3n) is 3.05. The van der Waals surface area contributed by atoms with Gasteiger partial charge in [-0.15, -0.1) is 0 Å². The predicted octanol–water partition coefficient (Wildman–Crippen LogP) is 2.26. The summed E-state index contributed by atoms with van der Waals surface area (Å²) in [4.78, 5) is 11.1. The Morgan fingerprint density at radius 3 is 2.74 bits per heavy atom. The zero-order valence-corrected chi connectivity index (χ0v) is 12.0. The van der Waals surface area contributed by atoms with Crippen LogP contribution in [-0.4, -0.2) is 32.1 Å². The average molecular weight is 259 g/mol. The molecule has 2 aromatic rings. The normalized spacial score (nSPS) is 11.5. The number of H-pyrrole nitrogens is 1. The summed E-state index contributed by atoms with van der Waals surface area (Å²) in [5, 5.41) is 7.00. The molecule has 2 rings (SSSR count). The molecule has 0 fully saturated rings. The molecule has 0 aromatic carbocycles. The quantitative estimate of drug-likeness (QED) is 0.895. The maximum Gasteiger partial charge on any atom is 0.131 e. The number of hydrogen-bond donors (Lipinski definition) is 1. The summed E-state index contributed by atoms with van der Waals surface area (Å²) < 4.78 is 0. The summed E-state index contributed by atoms with van der Waals surface area (Å²) in [6.45, 7) is 7.93. The highest BCUT2D eigenvalue weighted by molar-refractivity contribution is 5.14. The summed E-state index contributed by atoms with van der Waals surface area (Å²) in [5.74, 6) is 1.27. The van der Waals surface area contributed by atoms with Crippen LogP contribution in [0, 0.1) is 6.92 Å². The molecular formula is C14H21N5. The van der Waals surface area contributed by atoms with Crippen molar-refractivity contribution in [1.82, 2.24) is 25.1 Å². The highest BCUT2D eigenvalue weighted by Crippen LogP contribution is 2.11. The van der Waals surface area contributed by atoms with Crippen LogP contribution in [0.3, 0.4) is 0 Å². The second kappa shape index (κ2) is 5.93. The van der Waals surface area contributed by atoms with E-state index in [-0.39, 0.29) is 0 Å². The van der Waals surface area contributed by atoms with Crippen LogP contribution in [0.1, 0.15) is 42.5 Å². The zero-order chi connectivity index (χ0) is 13.8. The standard InChI is InChI=1S/C14H21N5/c1-10(2)14-15-6-5-13(17-14)9-19(4)8-12-7-16-18-11(12)3/h5-7,10H,8-9H2,1-4H3,(H,16,18). The summed E-state index contributed by atoms with van der Waals surface area (Å²) in [7, 11) is 2.09. The highest BCUT2D eigenvalue weighted by atomic mass is 15.1. The first-order valence-electron chi connectivity index (χ1n) is 6.55. The number of hydrogen-bond acceptors (Lipinski definition) is 4. The minimum absolute atomic E-state index is 0.362. The van der Waals surface area contributed by atoms with Crippen LogP contribution >= 0.6 is 0 Å². The van der Waals surface area contributed by atoms with Crippen molar-refractivity contribution in [1.29, 1.82) is 0 Å². The van der Waals surface area contributed by atoms with Gasteiger partial charge >= 0.3 is 0 Å². The van der Waals surface area contributed by atoms with Crippen LogP contribution in [0.2, 0.25) is 0 Å². The third kappa shape index (κ3) is 3.61. The lowest BCUT2D eigenvalue weighted by molar-refractivity contribution is 0.313. The van der Waals surface area contributed by atoms with Crippen molar-refractivity contribution in [3.8, 4) is 0 Å². The average Bonchev–Trinajstić information content (AvgIpc) is 2.75. The summed E-state index contributed by atoms with van der Waals surface area (Å²) >= 11 is 0. The maximum atomic E-state index is 4.59. The van der Waals surface area contributed by atoms with E-state index in [1.54, 1.807) is 0 Å². The number of aryl methyl sites for hydroxylation is 1. The van der Waals surface area contributed by atoms with E-state index in [1.807, 2.05) is 25.4 Å². The lowest BCUT2D eigenvalue weighted by Crippen LogP contribution is -2.18. The smallest absolute Gasteiger partial charge is 0.131 e. The number of rotatable bonds is 5. The largest absolute Gasteiger partial charge is 0.296 e. The fourth-order valence-electron chi connectivity index (χ4n) is 1.94. The monoisotopic (exact) mass is 259 g/mol. The van der Waals surface area contributed by atoms with Crippen molar-refractivity contribution in [2.45, 2.75) is 39.8 Å². The van der Waals surface area contributed by atoms with Gasteiger partial charge in [-0.05, 0) is 20.0 Å². The Labute approximate surface area is 114 Å². The van der Waals surface area contributed by atoms with E-state index in [0.29, 0.717) is 5.92 Å². The number of nitrogens with zero attached hydrogens (tertiary/aromatic N) is 4. The summed E-state index contributed by atoms with van der Waals surface area (Å²) in [6.07, 6.45) is 3.72. The molecule has 0 atom stereocenters. The summed E-state index contributed by atoms with van der Waals surface area (Å²) in [5.41, 5.74) is 3.40. The molecule has 0 saturated heterocycles. The molecule has 5 heteroatoms. The van der Waals surface area contributed by atoms with Crippen LogP contribution in [-0.2, 0) is 13.1 Å². The van der Waals surface area contributed by atoms with Gasteiger partial charge in [-0.1, -0.05) is 13.8 Å². The van der Waals surface area contributed by atoms with Crippen molar-refractivity contribution < 1.29 is 0 Å². The Balaban J connectivity index is 2.01. The van der Waals surface area contributed by atoms with E-state index in [9.17, 15) is 0 Å². The van der Waals surface area contributed by atoms with Gasteiger partial charge in [0.2, 0.25) is 0 Å². The molecule has 2 heterocycles. The highest BCUT2D eigenvalue weighted by Gasteiger charge is 2.08. The fraction of sp³-hybridized carbons (Fsp3) is 0.500. The van der Waals surface area contributed by atoms with Gasteiger partial charge in [0.1, 0.15) is 5.82 Å². The number of aromatic nitrogens is 4. The van der Waals surface area contributed by atoms with Gasteiger partial charge in [0.25, 0.3) is 0 Å². The Bertz CT molecular complexity index is 532. The molecule has 0 aliphatic carbocycles. The Morgan fingerprint density at radius 1 is 1.32 bits per heavy atom. The molecule has 0 spiro atoms. The van der Waals surface area contributed by atoms with E-state index in [2.05, 4.69) is 46.0 Å². The molecule has 0 radical (unpaired) electrons. The molecule has 2 aromatic heterocycles. The minimum atomic E-state index is 0.362. The second-order valence-corrected chi connectivity index (χ2v) is 5.25. The van der Waals surface area contributed by atoms with Gasteiger partial charge < -0.3 is 0 Å². The molecule has 0 bridgehead atoms. The van der Waals surface area contributed by atoms with Crippen molar-refractivity contribution in [3.63, 3.8) is 0 Å². The molecule has 0 amide bonds. The van der Waals surface area contributed by atoms with Gasteiger partial charge in [-0.3, -0.25) is 10.00 Å². The van der Waals surface area contributed by atoms with Crippen molar-refractivity contribution in [2.75, 3.05) is 7.05 Å². The third-order valence-corrected chi connectivity index (χ3v) is 3.05. The van der Waals surface area contributed by atoms with Gasteiger partial charge in [0.15, 0.2) is 0 Å². The van der Waals surface area contributed by atoms with Crippen LogP contribution in [0.5, 0.6) is 0 Å². The van der Waals surface area contributed by atoms with Crippen LogP contribution < -0.4 is 0 Å². The van der Waals surface area contributed by atoms with Crippen molar-refractivity contribution in [3.05, 3.63) is 41.2 Å². The molecule has 5 nitrogen and oxygen atoms in total. The van der Waals surface area contributed by atoms with Gasteiger partial charge in [-0.25, -0.2) is 9.97 Å². The van der Waals surface area contributed by atoms with Crippen LogP contribution in [0.4, 0.5) is 0 Å². The molecule has 0 saturated carbocycles. The predicted molar refractivity (Wildman–Crippen MR) is 74.6 cm³/mol. The number of nitrogens with one attached hydrogen (secondary N) is 1. The van der Waals surface area contributed by atoms with E-state index in [4.69, 9.17) is 0 Å². The zero-order valence-electron chi connectivity index (χ0n) is 12.0. The van der Waals surface area contributed by atoms with Crippen LogP contribution in [0.25, 0.3) is 0 Å². The molecule has 0 unspecified atom stereocenters. The molecule has 102 valence electrons. The molecule has 0 aliphatic heterocycles. The van der Waals surface area contributed by atoms with E-state index >= 15 is 0 Å². The lowest BCUT2D eigenvalue weighted by atomic mass is 10.2. The van der Waals surface area contributed by atoms with Gasteiger partial charge in [0, 0.05) is 36.5 Å². The van der Waals surface area contributed by atoms with Gasteiger partial charge in [-0.2, -0.15) is 5.10 Å². The first-order chi connectivity index (χ1) is 9.06. The number of aromatic amines is 1.